The Kier molecular flexibility index (Phi) is 11.0. The average Bonchev–Trinajstić information content (AvgIpc) is 3.43. The minimum atomic E-state index is -0.324. The zero-order valence-electron chi connectivity index (χ0n) is 18.1. The van der Waals surface area contributed by atoms with E-state index in [2.05, 4.69) is 46.6 Å². The van der Waals surface area contributed by atoms with E-state index in [0.717, 1.165) is 38.3 Å². The number of aromatic amines is 1. The van der Waals surface area contributed by atoms with E-state index in [9.17, 15) is 9.59 Å². The van der Waals surface area contributed by atoms with Crippen LogP contribution in [0.1, 0.15) is 37.4 Å². The van der Waals surface area contributed by atoms with E-state index in [1.165, 1.54) is 36.2 Å². The number of anilines is 1. The van der Waals surface area contributed by atoms with Crippen LogP contribution in [0.2, 0.25) is 5.02 Å². The van der Waals surface area contributed by atoms with Gasteiger partial charge in [-0.25, -0.2) is 0 Å². The Morgan fingerprint density at radius 1 is 1.38 bits per heavy atom. The highest BCUT2D eigenvalue weighted by atomic mass is 35.5. The third-order valence-electron chi connectivity index (χ3n) is 4.82. The Hall–Kier alpha value is -3.15. The minimum absolute atomic E-state index is 0.0986. The summed E-state index contributed by atoms with van der Waals surface area (Å²) >= 11 is 5.42. The number of carbonyl (C=O) groups is 1. The lowest BCUT2D eigenvalue weighted by Crippen LogP contribution is -2.23. The van der Waals surface area contributed by atoms with Crippen molar-refractivity contribution in [1.29, 1.82) is 5.26 Å². The minimum Gasteiger partial charge on any atom is -0.381 e. The van der Waals surface area contributed by atoms with Gasteiger partial charge >= 0.3 is 0 Å². The SMILES string of the molecule is C1CCOC1.CCc1ccc(C2=CCN(C#N)CC2)nc1.O=CNc1cc(=O)c(Cl)c[nH]1. The molecule has 2 aliphatic heterocycles. The summed E-state index contributed by atoms with van der Waals surface area (Å²) in [5.74, 6) is 0.328. The molecule has 2 aromatic heterocycles. The third kappa shape index (κ3) is 8.53. The molecule has 1 fully saturated rings. The van der Waals surface area contributed by atoms with Gasteiger partial charge < -0.3 is 19.9 Å². The molecule has 2 aromatic rings. The fraction of sp³-hybridized carbons (Fsp3) is 0.391. The Morgan fingerprint density at radius 3 is 2.62 bits per heavy atom. The molecule has 1 amide bonds. The normalized spacial score (nSPS) is 14.7. The molecule has 9 heteroatoms. The molecule has 4 rings (SSSR count). The van der Waals surface area contributed by atoms with Crippen molar-refractivity contribution in [3.8, 4) is 6.19 Å². The van der Waals surface area contributed by atoms with Crippen LogP contribution in [0.3, 0.4) is 0 Å². The molecule has 8 nitrogen and oxygen atoms in total. The van der Waals surface area contributed by atoms with Crippen LogP contribution in [0.15, 0.2) is 41.5 Å². The van der Waals surface area contributed by atoms with Gasteiger partial charge in [0.1, 0.15) is 10.8 Å². The van der Waals surface area contributed by atoms with Crippen LogP contribution in [-0.4, -0.2) is 47.6 Å². The summed E-state index contributed by atoms with van der Waals surface area (Å²) in [4.78, 5) is 29.5. The van der Waals surface area contributed by atoms with Gasteiger partial charge in [-0.2, -0.15) is 5.26 Å². The summed E-state index contributed by atoms with van der Waals surface area (Å²) in [6, 6.07) is 5.41. The van der Waals surface area contributed by atoms with Crippen LogP contribution in [0, 0.1) is 11.5 Å². The topological polar surface area (TPSA) is 111 Å². The second-order valence-electron chi connectivity index (χ2n) is 7.07. The molecule has 0 spiro atoms. The van der Waals surface area contributed by atoms with Crippen molar-refractivity contribution in [3.05, 3.63) is 63.2 Å². The lowest BCUT2D eigenvalue weighted by atomic mass is 10.0. The van der Waals surface area contributed by atoms with Crippen molar-refractivity contribution in [1.82, 2.24) is 14.9 Å². The smallest absolute Gasteiger partial charge is 0.212 e. The zero-order valence-corrected chi connectivity index (χ0v) is 18.9. The summed E-state index contributed by atoms with van der Waals surface area (Å²) in [5, 5.41) is 11.1. The van der Waals surface area contributed by atoms with Gasteiger partial charge in [0.15, 0.2) is 6.19 Å². The molecule has 0 aromatic carbocycles. The molecular weight excluding hydrogens is 430 g/mol. The van der Waals surface area contributed by atoms with E-state index in [1.54, 1.807) is 4.90 Å². The van der Waals surface area contributed by atoms with Crippen LogP contribution in [0.25, 0.3) is 5.57 Å². The molecule has 0 bridgehead atoms. The van der Waals surface area contributed by atoms with Gasteiger partial charge in [0.05, 0.1) is 5.69 Å². The number of ether oxygens (including phenoxy) is 1. The summed E-state index contributed by atoms with van der Waals surface area (Å²) in [5.41, 5.74) is 3.25. The maximum atomic E-state index is 10.8. The largest absolute Gasteiger partial charge is 0.381 e. The monoisotopic (exact) mass is 457 g/mol. The lowest BCUT2D eigenvalue weighted by Gasteiger charge is -2.20. The van der Waals surface area contributed by atoms with Crippen molar-refractivity contribution >= 4 is 29.4 Å². The Labute approximate surface area is 192 Å². The Morgan fingerprint density at radius 2 is 2.16 bits per heavy atom. The van der Waals surface area contributed by atoms with E-state index in [-0.39, 0.29) is 10.5 Å². The summed E-state index contributed by atoms with van der Waals surface area (Å²) in [7, 11) is 0. The maximum Gasteiger partial charge on any atom is 0.212 e. The molecule has 0 aliphatic carbocycles. The summed E-state index contributed by atoms with van der Waals surface area (Å²) < 4.78 is 4.94. The number of nitrogens with one attached hydrogen (secondary N) is 2. The molecule has 0 unspecified atom stereocenters. The average molecular weight is 458 g/mol. The number of halogens is 1. The van der Waals surface area contributed by atoms with E-state index in [0.29, 0.717) is 18.8 Å². The Balaban J connectivity index is 0.000000195. The highest BCUT2D eigenvalue weighted by Gasteiger charge is 2.11. The number of hydrogen-bond donors (Lipinski definition) is 2. The first-order valence-electron chi connectivity index (χ1n) is 10.5. The van der Waals surface area contributed by atoms with Crippen LogP contribution >= 0.6 is 11.6 Å². The first-order chi connectivity index (χ1) is 15.6. The predicted molar refractivity (Wildman–Crippen MR) is 125 cm³/mol. The van der Waals surface area contributed by atoms with Gasteiger partial charge in [-0.1, -0.05) is 30.7 Å². The van der Waals surface area contributed by atoms with Gasteiger partial charge in [0.25, 0.3) is 0 Å². The fourth-order valence-electron chi connectivity index (χ4n) is 2.93. The molecule has 32 heavy (non-hydrogen) atoms. The number of H-pyrrole nitrogens is 1. The van der Waals surface area contributed by atoms with Gasteiger partial charge in [-0.3, -0.25) is 14.6 Å². The number of amides is 1. The zero-order chi connectivity index (χ0) is 23.2. The quantitative estimate of drug-likeness (QED) is 0.536. The van der Waals surface area contributed by atoms with E-state index in [4.69, 9.17) is 21.6 Å². The van der Waals surface area contributed by atoms with Crippen LogP contribution in [0.4, 0.5) is 5.82 Å². The number of carbonyl (C=O) groups excluding carboxylic acids is 1. The number of aryl methyl sites for hydroxylation is 1. The number of pyridine rings is 2. The van der Waals surface area contributed by atoms with Gasteiger partial charge in [-0.05, 0) is 42.9 Å². The molecule has 0 radical (unpaired) electrons. The van der Waals surface area contributed by atoms with E-state index >= 15 is 0 Å². The van der Waals surface area contributed by atoms with Crippen molar-refractivity contribution in [3.63, 3.8) is 0 Å². The number of hydrogen-bond acceptors (Lipinski definition) is 6. The van der Waals surface area contributed by atoms with Crippen LogP contribution in [-0.2, 0) is 16.0 Å². The predicted octanol–water partition coefficient (Wildman–Crippen LogP) is 3.61. The lowest BCUT2D eigenvalue weighted by molar-refractivity contribution is -0.105. The third-order valence-corrected chi connectivity index (χ3v) is 5.11. The molecule has 0 saturated carbocycles. The summed E-state index contributed by atoms with van der Waals surface area (Å²) in [6.45, 7) is 5.64. The standard InChI is InChI=1S/C13H15N3.C6H5ClN2O2.C4H8O/c1-2-11-3-4-13(15-9-11)12-5-7-16(10-14)8-6-12;7-4-2-8-6(9-3-10)1-5(4)11;1-2-4-5-3-1/h3-5,9H,2,6-8H2,1H3;1-3H,(H2,8,9,10,11);1-4H2. The molecule has 4 heterocycles. The highest BCUT2D eigenvalue weighted by molar-refractivity contribution is 6.30. The Bertz CT molecular complexity index is 971. The number of rotatable bonds is 4. The number of aromatic nitrogens is 2. The fourth-order valence-corrected chi connectivity index (χ4v) is 3.04. The first kappa shape index (κ1) is 25.1. The second-order valence-corrected chi connectivity index (χ2v) is 7.48. The molecule has 170 valence electrons. The van der Waals surface area contributed by atoms with Crippen molar-refractivity contribution < 1.29 is 9.53 Å². The van der Waals surface area contributed by atoms with Gasteiger partial charge in [0, 0.05) is 44.8 Å². The number of nitriles is 1. The van der Waals surface area contributed by atoms with Crippen molar-refractivity contribution in [2.75, 3.05) is 31.6 Å². The number of nitrogens with zero attached hydrogens (tertiary/aromatic N) is 3. The summed E-state index contributed by atoms with van der Waals surface area (Å²) in [6.07, 6.45) is 12.5. The molecular formula is C23H28ClN5O3. The van der Waals surface area contributed by atoms with Gasteiger partial charge in [-0.15, -0.1) is 0 Å². The molecule has 1 saturated heterocycles. The highest BCUT2D eigenvalue weighted by Crippen LogP contribution is 2.20. The van der Waals surface area contributed by atoms with Crippen molar-refractivity contribution in [2.45, 2.75) is 32.6 Å². The van der Waals surface area contributed by atoms with Crippen LogP contribution in [0.5, 0.6) is 0 Å². The second kappa shape index (κ2) is 14.0. The maximum absolute atomic E-state index is 10.8. The first-order valence-corrected chi connectivity index (χ1v) is 10.9. The van der Waals surface area contributed by atoms with Crippen molar-refractivity contribution in [2.24, 2.45) is 0 Å². The van der Waals surface area contributed by atoms with Gasteiger partial charge in [0.2, 0.25) is 11.8 Å². The van der Waals surface area contributed by atoms with E-state index in [1.807, 2.05) is 6.20 Å². The van der Waals surface area contributed by atoms with E-state index < -0.39 is 0 Å². The molecule has 2 N–H and O–H groups in total. The van der Waals surface area contributed by atoms with Crippen LogP contribution < -0.4 is 10.7 Å². The molecule has 2 aliphatic rings. The molecule has 0 atom stereocenters.